The van der Waals surface area contributed by atoms with Crippen molar-refractivity contribution in [1.82, 2.24) is 5.32 Å². The summed E-state index contributed by atoms with van der Waals surface area (Å²) in [6.45, 7) is 3.16. The van der Waals surface area contributed by atoms with Crippen molar-refractivity contribution in [3.8, 4) is 0 Å². The van der Waals surface area contributed by atoms with Crippen molar-refractivity contribution in [3.63, 3.8) is 0 Å². The lowest BCUT2D eigenvalue weighted by molar-refractivity contribution is -0.124. The van der Waals surface area contributed by atoms with Crippen LogP contribution in [-0.4, -0.2) is 17.6 Å². The van der Waals surface area contributed by atoms with Crippen LogP contribution in [0, 0.1) is 17.6 Å². The van der Waals surface area contributed by atoms with Crippen molar-refractivity contribution >= 4 is 5.91 Å². The van der Waals surface area contributed by atoms with Gasteiger partial charge in [0.25, 0.3) is 0 Å². The van der Waals surface area contributed by atoms with E-state index in [1.54, 1.807) is 13.8 Å². The molecule has 0 heterocycles. The summed E-state index contributed by atoms with van der Waals surface area (Å²) in [6, 6.07) is 3.34. The summed E-state index contributed by atoms with van der Waals surface area (Å²) in [5, 5.41) is 12.0. The Labute approximate surface area is 98.5 Å². The Bertz CT molecular complexity index is 387. The lowest BCUT2D eigenvalue weighted by atomic mass is 10.1. The van der Waals surface area contributed by atoms with Gasteiger partial charge in [-0.2, -0.15) is 0 Å². The molecule has 1 atom stereocenters. The van der Waals surface area contributed by atoms with Crippen molar-refractivity contribution in [2.45, 2.75) is 20.0 Å². The summed E-state index contributed by atoms with van der Waals surface area (Å²) in [5.41, 5.74) is -0.420. The average molecular weight is 243 g/mol. The van der Waals surface area contributed by atoms with Crippen LogP contribution in [0.25, 0.3) is 0 Å². The van der Waals surface area contributed by atoms with Crippen LogP contribution in [0.4, 0.5) is 8.78 Å². The maximum absolute atomic E-state index is 13.3. The number of hydrogen-bond acceptors (Lipinski definition) is 2. The van der Waals surface area contributed by atoms with Crippen LogP contribution in [0.3, 0.4) is 0 Å². The Morgan fingerprint density at radius 1 is 1.35 bits per heavy atom. The number of amides is 1. The number of benzene rings is 1. The number of rotatable bonds is 4. The largest absolute Gasteiger partial charge is 0.386 e. The first-order chi connectivity index (χ1) is 7.93. The first-order valence-electron chi connectivity index (χ1n) is 5.33. The normalized spacial score (nSPS) is 12.6. The van der Waals surface area contributed by atoms with Crippen molar-refractivity contribution in [1.29, 1.82) is 0 Å². The van der Waals surface area contributed by atoms with E-state index in [0.717, 1.165) is 12.1 Å². The summed E-state index contributed by atoms with van der Waals surface area (Å²) in [7, 11) is 0. The van der Waals surface area contributed by atoms with E-state index < -0.39 is 23.3 Å². The van der Waals surface area contributed by atoms with Gasteiger partial charge in [-0.1, -0.05) is 19.9 Å². The van der Waals surface area contributed by atoms with Crippen LogP contribution in [-0.2, 0) is 4.79 Å². The summed E-state index contributed by atoms with van der Waals surface area (Å²) in [5.74, 6) is -2.17. The number of aliphatic hydroxyl groups excluding tert-OH is 1. The van der Waals surface area contributed by atoms with Crippen molar-refractivity contribution in [2.24, 2.45) is 5.92 Å². The van der Waals surface area contributed by atoms with Gasteiger partial charge in [0, 0.05) is 12.5 Å². The number of carbonyl (C=O) groups excluding carboxylic acids is 1. The van der Waals surface area contributed by atoms with Crippen LogP contribution in [0.2, 0.25) is 0 Å². The van der Waals surface area contributed by atoms with Gasteiger partial charge in [-0.15, -0.1) is 0 Å². The Kier molecular flexibility index (Phi) is 4.57. The molecule has 5 heteroatoms. The highest BCUT2D eigenvalue weighted by molar-refractivity contribution is 5.77. The smallest absolute Gasteiger partial charge is 0.222 e. The van der Waals surface area contributed by atoms with Gasteiger partial charge in [0.1, 0.15) is 17.7 Å². The highest BCUT2D eigenvalue weighted by Crippen LogP contribution is 2.19. The van der Waals surface area contributed by atoms with Crippen molar-refractivity contribution < 1.29 is 18.7 Å². The molecule has 0 aliphatic rings. The maximum atomic E-state index is 13.3. The molecule has 94 valence electrons. The molecule has 0 bridgehead atoms. The summed E-state index contributed by atoms with van der Waals surface area (Å²) in [6.07, 6.45) is -1.39. The minimum atomic E-state index is -1.39. The quantitative estimate of drug-likeness (QED) is 0.846. The highest BCUT2D eigenvalue weighted by atomic mass is 19.1. The molecule has 0 fully saturated rings. The highest BCUT2D eigenvalue weighted by Gasteiger charge is 2.18. The molecule has 2 N–H and O–H groups in total. The van der Waals surface area contributed by atoms with Gasteiger partial charge in [0.05, 0.1) is 5.56 Å². The first kappa shape index (κ1) is 13.6. The molecule has 1 aromatic rings. The summed E-state index contributed by atoms with van der Waals surface area (Å²) in [4.78, 5) is 11.2. The van der Waals surface area contributed by atoms with E-state index in [0.29, 0.717) is 0 Å². The zero-order valence-corrected chi connectivity index (χ0v) is 9.71. The summed E-state index contributed by atoms with van der Waals surface area (Å²) >= 11 is 0. The maximum Gasteiger partial charge on any atom is 0.222 e. The molecule has 0 aromatic heterocycles. The Hall–Kier alpha value is -1.49. The number of hydrogen-bond donors (Lipinski definition) is 2. The fourth-order valence-electron chi connectivity index (χ4n) is 1.33. The molecule has 0 aliphatic carbocycles. The number of aliphatic hydroxyl groups is 1. The van der Waals surface area contributed by atoms with Crippen LogP contribution < -0.4 is 5.32 Å². The van der Waals surface area contributed by atoms with E-state index in [-0.39, 0.29) is 18.4 Å². The third-order valence-electron chi connectivity index (χ3n) is 2.33. The van der Waals surface area contributed by atoms with Gasteiger partial charge in [-0.05, 0) is 12.1 Å². The van der Waals surface area contributed by atoms with E-state index in [1.165, 1.54) is 6.07 Å². The predicted octanol–water partition coefficient (Wildman–Crippen LogP) is 1.77. The SMILES string of the molecule is CC(C)C(=O)NCC(O)c1c(F)cccc1F. The molecule has 17 heavy (non-hydrogen) atoms. The fraction of sp³-hybridized carbons (Fsp3) is 0.417. The topological polar surface area (TPSA) is 49.3 Å². The molecular weight excluding hydrogens is 228 g/mol. The molecule has 0 spiro atoms. The number of halogens is 2. The Morgan fingerprint density at radius 3 is 2.35 bits per heavy atom. The molecule has 0 saturated heterocycles. The average Bonchev–Trinajstić information content (AvgIpc) is 2.25. The molecule has 0 radical (unpaired) electrons. The second-order valence-corrected chi connectivity index (χ2v) is 4.05. The Morgan fingerprint density at radius 2 is 1.88 bits per heavy atom. The lowest BCUT2D eigenvalue weighted by Crippen LogP contribution is -2.32. The van der Waals surface area contributed by atoms with Crippen molar-refractivity contribution in [3.05, 3.63) is 35.4 Å². The third kappa shape index (κ3) is 3.49. The molecule has 3 nitrogen and oxygen atoms in total. The monoisotopic (exact) mass is 243 g/mol. The van der Waals surface area contributed by atoms with Gasteiger partial charge in [0.2, 0.25) is 5.91 Å². The van der Waals surface area contributed by atoms with E-state index in [4.69, 9.17) is 0 Å². The van der Waals surface area contributed by atoms with E-state index in [2.05, 4.69) is 5.32 Å². The molecule has 0 aliphatic heterocycles. The van der Waals surface area contributed by atoms with E-state index in [1.807, 2.05) is 0 Å². The fourth-order valence-corrected chi connectivity index (χ4v) is 1.33. The molecule has 1 amide bonds. The van der Waals surface area contributed by atoms with Crippen LogP contribution in [0.5, 0.6) is 0 Å². The zero-order valence-electron chi connectivity index (χ0n) is 9.71. The number of nitrogens with one attached hydrogen (secondary N) is 1. The van der Waals surface area contributed by atoms with Gasteiger partial charge in [-0.25, -0.2) is 8.78 Å². The van der Waals surface area contributed by atoms with Gasteiger partial charge < -0.3 is 10.4 Å². The van der Waals surface area contributed by atoms with E-state index >= 15 is 0 Å². The molecule has 0 saturated carbocycles. The Balaban J connectivity index is 2.70. The van der Waals surface area contributed by atoms with Gasteiger partial charge in [-0.3, -0.25) is 4.79 Å². The third-order valence-corrected chi connectivity index (χ3v) is 2.33. The van der Waals surface area contributed by atoms with Crippen LogP contribution in [0.15, 0.2) is 18.2 Å². The minimum Gasteiger partial charge on any atom is -0.386 e. The summed E-state index contributed by atoms with van der Waals surface area (Å²) < 4.78 is 26.5. The zero-order chi connectivity index (χ0) is 13.0. The second kappa shape index (κ2) is 5.72. The number of carbonyl (C=O) groups is 1. The lowest BCUT2D eigenvalue weighted by Gasteiger charge is -2.14. The predicted molar refractivity (Wildman–Crippen MR) is 59.2 cm³/mol. The van der Waals surface area contributed by atoms with Crippen molar-refractivity contribution in [2.75, 3.05) is 6.54 Å². The minimum absolute atomic E-state index is 0.213. The van der Waals surface area contributed by atoms with Gasteiger partial charge >= 0.3 is 0 Å². The van der Waals surface area contributed by atoms with E-state index in [9.17, 15) is 18.7 Å². The molecule has 1 unspecified atom stereocenters. The van der Waals surface area contributed by atoms with Gasteiger partial charge in [0.15, 0.2) is 0 Å². The van der Waals surface area contributed by atoms with Crippen LogP contribution >= 0.6 is 0 Å². The molecule has 1 rings (SSSR count). The second-order valence-electron chi connectivity index (χ2n) is 4.05. The standard InChI is InChI=1S/C12H15F2NO2/c1-7(2)12(17)15-6-10(16)11-8(13)4-3-5-9(11)14/h3-5,7,10,16H,6H2,1-2H3,(H,15,17). The molecular formula is C12H15F2NO2. The molecule has 1 aromatic carbocycles. The van der Waals surface area contributed by atoms with Crippen LogP contribution in [0.1, 0.15) is 25.5 Å². The first-order valence-corrected chi connectivity index (χ1v) is 5.33.